The molecular weight excluding hydrogens is 299 g/mol. The largest absolute Gasteiger partial charge is 0.481 e. The van der Waals surface area contributed by atoms with Gasteiger partial charge >= 0.3 is 0 Å². The molecule has 0 amide bonds. The van der Waals surface area contributed by atoms with Crippen LogP contribution in [0.1, 0.15) is 0 Å². The number of nitrogens with zero attached hydrogens (tertiary/aromatic N) is 1. The Morgan fingerprint density at radius 1 is 1.00 bits per heavy atom. The van der Waals surface area contributed by atoms with E-state index in [2.05, 4.69) is 4.98 Å². The highest BCUT2D eigenvalue weighted by Crippen LogP contribution is 2.37. The molecule has 0 bridgehead atoms. The van der Waals surface area contributed by atoms with Crippen molar-refractivity contribution < 1.29 is 9.13 Å². The van der Waals surface area contributed by atoms with Gasteiger partial charge < -0.3 is 4.74 Å². The van der Waals surface area contributed by atoms with Gasteiger partial charge in [-0.25, -0.2) is 9.37 Å². The third kappa shape index (κ3) is 2.53. The van der Waals surface area contributed by atoms with Crippen molar-refractivity contribution in [3.8, 4) is 17.0 Å². The summed E-state index contributed by atoms with van der Waals surface area (Å²) < 4.78 is 18.7. The number of halogens is 4. The van der Waals surface area contributed by atoms with E-state index in [0.717, 1.165) is 6.20 Å². The molecule has 18 heavy (non-hydrogen) atoms. The molecule has 2 nitrogen and oxygen atoms in total. The Morgan fingerprint density at radius 3 is 2.33 bits per heavy atom. The molecule has 1 aromatic carbocycles. The van der Waals surface area contributed by atoms with Crippen LogP contribution in [0.5, 0.6) is 5.88 Å². The van der Waals surface area contributed by atoms with Gasteiger partial charge in [0.2, 0.25) is 5.88 Å². The van der Waals surface area contributed by atoms with Crippen molar-refractivity contribution in [2.24, 2.45) is 0 Å². The van der Waals surface area contributed by atoms with Crippen LogP contribution in [0.2, 0.25) is 15.1 Å². The highest BCUT2D eigenvalue weighted by atomic mass is 35.5. The van der Waals surface area contributed by atoms with Crippen molar-refractivity contribution in [1.82, 2.24) is 4.98 Å². The Morgan fingerprint density at radius 2 is 1.67 bits per heavy atom. The van der Waals surface area contributed by atoms with Crippen molar-refractivity contribution in [2.45, 2.75) is 0 Å². The maximum atomic E-state index is 13.8. The summed E-state index contributed by atoms with van der Waals surface area (Å²) in [5.41, 5.74) is 0.690. The molecule has 0 fully saturated rings. The van der Waals surface area contributed by atoms with Crippen LogP contribution in [0.4, 0.5) is 4.39 Å². The molecule has 0 N–H and O–H groups in total. The van der Waals surface area contributed by atoms with Gasteiger partial charge in [-0.15, -0.1) is 0 Å². The summed E-state index contributed by atoms with van der Waals surface area (Å²) in [6.45, 7) is 0. The quantitative estimate of drug-likeness (QED) is 0.739. The molecule has 94 valence electrons. The Labute approximate surface area is 118 Å². The lowest BCUT2D eigenvalue weighted by molar-refractivity contribution is 0.396. The molecule has 2 rings (SSSR count). The molecule has 0 aliphatic carbocycles. The Kier molecular flexibility index (Phi) is 3.95. The number of pyridine rings is 1. The second kappa shape index (κ2) is 5.31. The molecule has 0 spiro atoms. The molecule has 1 heterocycles. The molecule has 0 saturated heterocycles. The first-order chi connectivity index (χ1) is 8.52. The van der Waals surface area contributed by atoms with Crippen molar-refractivity contribution in [2.75, 3.05) is 7.11 Å². The van der Waals surface area contributed by atoms with E-state index in [1.54, 1.807) is 0 Å². The van der Waals surface area contributed by atoms with Gasteiger partial charge in [-0.05, 0) is 12.1 Å². The lowest BCUT2D eigenvalue weighted by atomic mass is 10.1. The number of hydrogen-bond donors (Lipinski definition) is 0. The standard InChI is InChI=1S/C12H7Cl3FNO/c1-18-12-3-7(11(16)5-17-12)6-2-9(14)10(15)4-8(6)13/h2-5H,1H3. The fraction of sp³-hybridized carbons (Fsp3) is 0.0833. The van der Waals surface area contributed by atoms with Crippen LogP contribution in [0.25, 0.3) is 11.1 Å². The van der Waals surface area contributed by atoms with Gasteiger partial charge in [0.25, 0.3) is 0 Å². The fourth-order valence-corrected chi connectivity index (χ4v) is 2.12. The Hall–Kier alpha value is -1.03. The lowest BCUT2D eigenvalue weighted by Gasteiger charge is -2.09. The topological polar surface area (TPSA) is 22.1 Å². The number of methoxy groups -OCH3 is 1. The fourth-order valence-electron chi connectivity index (χ4n) is 1.47. The van der Waals surface area contributed by atoms with Gasteiger partial charge in [0.05, 0.1) is 28.4 Å². The molecule has 0 aliphatic heterocycles. The van der Waals surface area contributed by atoms with Gasteiger partial charge in [-0.1, -0.05) is 34.8 Å². The van der Waals surface area contributed by atoms with E-state index in [9.17, 15) is 4.39 Å². The van der Waals surface area contributed by atoms with E-state index >= 15 is 0 Å². The average Bonchev–Trinajstić information content (AvgIpc) is 2.35. The second-order valence-corrected chi connectivity index (χ2v) is 4.67. The summed E-state index contributed by atoms with van der Waals surface area (Å²) in [5, 5.41) is 0.912. The lowest BCUT2D eigenvalue weighted by Crippen LogP contribution is -1.92. The summed E-state index contributed by atoms with van der Waals surface area (Å²) >= 11 is 17.8. The second-order valence-electron chi connectivity index (χ2n) is 3.45. The predicted molar refractivity (Wildman–Crippen MR) is 71.2 cm³/mol. The summed E-state index contributed by atoms with van der Waals surface area (Å²) in [5.74, 6) is -0.232. The van der Waals surface area contributed by atoms with Crippen LogP contribution in [0.15, 0.2) is 24.4 Å². The highest BCUT2D eigenvalue weighted by molar-refractivity contribution is 6.44. The van der Waals surface area contributed by atoms with Gasteiger partial charge in [-0.3, -0.25) is 0 Å². The van der Waals surface area contributed by atoms with E-state index in [1.165, 1.54) is 25.3 Å². The number of hydrogen-bond acceptors (Lipinski definition) is 2. The molecule has 0 saturated carbocycles. The van der Waals surface area contributed by atoms with Crippen molar-refractivity contribution in [3.63, 3.8) is 0 Å². The first kappa shape index (κ1) is 13.4. The van der Waals surface area contributed by atoms with Crippen LogP contribution in [-0.2, 0) is 0 Å². The molecular formula is C12H7Cl3FNO. The molecule has 2 aromatic rings. The van der Waals surface area contributed by atoms with E-state index in [1.807, 2.05) is 0 Å². The van der Waals surface area contributed by atoms with E-state index in [-0.39, 0.29) is 11.4 Å². The average molecular weight is 307 g/mol. The maximum absolute atomic E-state index is 13.8. The van der Waals surface area contributed by atoms with Crippen molar-refractivity contribution in [1.29, 1.82) is 0 Å². The van der Waals surface area contributed by atoms with Crippen LogP contribution in [0, 0.1) is 5.82 Å². The maximum Gasteiger partial charge on any atom is 0.213 e. The van der Waals surface area contributed by atoms with Gasteiger partial charge in [0, 0.05) is 17.2 Å². The SMILES string of the molecule is COc1cc(-c2cc(Cl)c(Cl)cc2Cl)c(F)cn1. The Bertz CT molecular complexity index is 604. The third-order valence-electron chi connectivity index (χ3n) is 2.34. The van der Waals surface area contributed by atoms with Crippen LogP contribution in [-0.4, -0.2) is 12.1 Å². The first-order valence-corrected chi connectivity index (χ1v) is 6.00. The molecule has 0 unspecified atom stereocenters. The first-order valence-electron chi connectivity index (χ1n) is 4.87. The number of ether oxygens (including phenoxy) is 1. The molecule has 6 heteroatoms. The third-order valence-corrected chi connectivity index (χ3v) is 3.37. The zero-order chi connectivity index (χ0) is 13.3. The zero-order valence-corrected chi connectivity index (χ0v) is 11.4. The van der Waals surface area contributed by atoms with Gasteiger partial charge in [0.15, 0.2) is 0 Å². The number of aromatic nitrogens is 1. The summed E-state index contributed by atoms with van der Waals surface area (Å²) in [7, 11) is 1.44. The van der Waals surface area contributed by atoms with Crippen LogP contribution >= 0.6 is 34.8 Å². The van der Waals surface area contributed by atoms with Crippen molar-refractivity contribution >= 4 is 34.8 Å². The van der Waals surface area contributed by atoms with Gasteiger partial charge in [-0.2, -0.15) is 0 Å². The minimum Gasteiger partial charge on any atom is -0.481 e. The number of rotatable bonds is 2. The normalized spacial score (nSPS) is 10.5. The molecule has 0 aliphatic rings. The Balaban J connectivity index is 2.64. The smallest absolute Gasteiger partial charge is 0.213 e. The molecule has 0 atom stereocenters. The minimum absolute atomic E-state index is 0.255. The number of benzene rings is 1. The summed E-state index contributed by atoms with van der Waals surface area (Å²) in [6.07, 6.45) is 1.06. The monoisotopic (exact) mass is 305 g/mol. The molecule has 0 radical (unpaired) electrons. The summed E-state index contributed by atoms with van der Waals surface area (Å²) in [6, 6.07) is 4.41. The zero-order valence-electron chi connectivity index (χ0n) is 9.18. The van der Waals surface area contributed by atoms with E-state index < -0.39 is 5.82 Å². The summed E-state index contributed by atoms with van der Waals surface area (Å²) in [4.78, 5) is 3.75. The minimum atomic E-state index is -0.518. The van der Waals surface area contributed by atoms with E-state index in [0.29, 0.717) is 20.6 Å². The van der Waals surface area contributed by atoms with Crippen LogP contribution in [0.3, 0.4) is 0 Å². The predicted octanol–water partition coefficient (Wildman–Crippen LogP) is 4.86. The highest BCUT2D eigenvalue weighted by Gasteiger charge is 2.13. The van der Waals surface area contributed by atoms with Gasteiger partial charge in [0.1, 0.15) is 5.82 Å². The van der Waals surface area contributed by atoms with Crippen molar-refractivity contribution in [3.05, 3.63) is 45.3 Å². The van der Waals surface area contributed by atoms with E-state index in [4.69, 9.17) is 39.5 Å². The molecule has 1 aromatic heterocycles. The van der Waals surface area contributed by atoms with Crippen LogP contribution < -0.4 is 4.74 Å².